The van der Waals surface area contributed by atoms with Gasteiger partial charge in [-0.25, -0.2) is 0 Å². The fourth-order valence-electron chi connectivity index (χ4n) is 1.38. The first-order chi connectivity index (χ1) is 8.65. The van der Waals surface area contributed by atoms with Crippen molar-refractivity contribution < 1.29 is 4.52 Å². The van der Waals surface area contributed by atoms with Gasteiger partial charge in [-0.05, 0) is 12.1 Å². The van der Waals surface area contributed by atoms with E-state index in [0.29, 0.717) is 29.7 Å². The van der Waals surface area contributed by atoms with E-state index in [1.807, 2.05) is 12.1 Å². The predicted octanol–water partition coefficient (Wildman–Crippen LogP) is 1.82. The molecule has 102 valence electrons. The number of nitrogens with zero attached hydrogens (tertiary/aromatic N) is 3. The Morgan fingerprint density at radius 1 is 1.37 bits per heavy atom. The first-order valence-electron chi connectivity index (χ1n) is 5.29. The lowest BCUT2D eigenvalue weighted by atomic mass is 10.2. The van der Waals surface area contributed by atoms with Crippen LogP contribution in [-0.2, 0) is 6.42 Å². The van der Waals surface area contributed by atoms with E-state index < -0.39 is 0 Å². The molecule has 4 N–H and O–H groups in total. The Morgan fingerprint density at radius 2 is 2.16 bits per heavy atom. The lowest BCUT2D eigenvalue weighted by molar-refractivity contribution is 0.380. The maximum absolute atomic E-state index is 5.89. The number of aliphatic imine (C=N–C) groups is 1. The molecule has 0 spiro atoms. The summed E-state index contributed by atoms with van der Waals surface area (Å²) in [6.45, 7) is 0.416. The van der Waals surface area contributed by atoms with Crippen LogP contribution in [0.3, 0.4) is 0 Å². The highest BCUT2D eigenvalue weighted by Gasteiger charge is 2.08. The summed E-state index contributed by atoms with van der Waals surface area (Å²) in [6.07, 6.45) is 0.492. The Labute approximate surface area is 132 Å². The van der Waals surface area contributed by atoms with Gasteiger partial charge in [-0.3, -0.25) is 4.99 Å². The fourth-order valence-corrected chi connectivity index (χ4v) is 1.57. The average molecular weight is 394 g/mol. The first-order valence-corrected chi connectivity index (χ1v) is 5.67. The quantitative estimate of drug-likeness (QED) is 0.468. The largest absolute Gasteiger partial charge is 0.370 e. The van der Waals surface area contributed by atoms with Gasteiger partial charge in [0.15, 0.2) is 5.96 Å². The Bertz CT molecular complexity index is 568. The van der Waals surface area contributed by atoms with Gasteiger partial charge in [-0.15, -0.1) is 24.0 Å². The van der Waals surface area contributed by atoms with Gasteiger partial charge in [0, 0.05) is 17.0 Å². The van der Waals surface area contributed by atoms with Crippen molar-refractivity contribution >= 4 is 41.5 Å². The molecule has 0 saturated heterocycles. The molecule has 0 radical (unpaired) electrons. The number of halogens is 2. The number of hydrogen-bond acceptors (Lipinski definition) is 4. The SMILES string of the molecule is I.NC(N)=NCCc1nc(-c2cccc(Cl)c2)no1. The zero-order chi connectivity index (χ0) is 13.0. The minimum Gasteiger partial charge on any atom is -0.370 e. The fraction of sp³-hybridized carbons (Fsp3) is 0.182. The number of guanidine groups is 1. The summed E-state index contributed by atoms with van der Waals surface area (Å²) in [7, 11) is 0. The molecule has 8 heteroatoms. The molecule has 19 heavy (non-hydrogen) atoms. The monoisotopic (exact) mass is 393 g/mol. The van der Waals surface area contributed by atoms with Gasteiger partial charge in [-0.2, -0.15) is 4.98 Å². The number of rotatable bonds is 4. The van der Waals surface area contributed by atoms with Crippen LogP contribution < -0.4 is 11.5 Å². The highest BCUT2D eigenvalue weighted by atomic mass is 127. The zero-order valence-corrected chi connectivity index (χ0v) is 13.0. The Morgan fingerprint density at radius 3 is 2.84 bits per heavy atom. The third-order valence-electron chi connectivity index (χ3n) is 2.17. The topological polar surface area (TPSA) is 103 Å². The molecule has 2 rings (SSSR count). The second-order valence-corrected chi connectivity index (χ2v) is 4.02. The van der Waals surface area contributed by atoms with Gasteiger partial charge in [0.1, 0.15) is 0 Å². The highest BCUT2D eigenvalue weighted by Crippen LogP contribution is 2.19. The maximum atomic E-state index is 5.89. The Balaban J connectivity index is 0.00000180. The summed E-state index contributed by atoms with van der Waals surface area (Å²) in [6, 6.07) is 7.24. The summed E-state index contributed by atoms with van der Waals surface area (Å²) >= 11 is 5.89. The van der Waals surface area contributed by atoms with Crippen molar-refractivity contribution in [1.82, 2.24) is 10.1 Å². The van der Waals surface area contributed by atoms with Gasteiger partial charge < -0.3 is 16.0 Å². The Hall–Kier alpha value is -1.35. The molecular formula is C11H13ClIN5O. The van der Waals surface area contributed by atoms with Crippen LogP contribution in [0.2, 0.25) is 5.02 Å². The molecule has 1 heterocycles. The third-order valence-corrected chi connectivity index (χ3v) is 2.41. The van der Waals surface area contributed by atoms with E-state index >= 15 is 0 Å². The molecule has 0 unspecified atom stereocenters. The molecule has 0 fully saturated rings. The van der Waals surface area contributed by atoms with Crippen LogP contribution in [0, 0.1) is 0 Å². The molecule has 1 aromatic heterocycles. The number of nitrogens with two attached hydrogens (primary N) is 2. The van der Waals surface area contributed by atoms with E-state index in [-0.39, 0.29) is 29.9 Å². The predicted molar refractivity (Wildman–Crippen MR) is 84.5 cm³/mol. The molecule has 0 amide bonds. The Kier molecular flexibility index (Phi) is 6.03. The van der Waals surface area contributed by atoms with Crippen LogP contribution in [0.15, 0.2) is 33.8 Å². The molecule has 0 bridgehead atoms. The van der Waals surface area contributed by atoms with Crippen molar-refractivity contribution in [2.75, 3.05) is 6.54 Å². The summed E-state index contributed by atoms with van der Waals surface area (Å²) < 4.78 is 5.09. The van der Waals surface area contributed by atoms with Gasteiger partial charge in [0.25, 0.3) is 0 Å². The summed E-state index contributed by atoms with van der Waals surface area (Å²) in [5.41, 5.74) is 11.2. The minimum atomic E-state index is 0. The standard InChI is InChI=1S/C11H12ClN5O.HI/c12-8-3-1-2-7(6-8)10-16-9(18-17-10)4-5-15-11(13)14;/h1-3,6H,4-5H2,(H4,13,14,15);1H. The number of aromatic nitrogens is 2. The highest BCUT2D eigenvalue weighted by molar-refractivity contribution is 14.0. The van der Waals surface area contributed by atoms with Crippen LogP contribution in [0.5, 0.6) is 0 Å². The minimum absolute atomic E-state index is 0. The van der Waals surface area contributed by atoms with E-state index in [4.69, 9.17) is 27.6 Å². The van der Waals surface area contributed by atoms with Gasteiger partial charge in [0.2, 0.25) is 11.7 Å². The summed E-state index contributed by atoms with van der Waals surface area (Å²) in [5, 5.41) is 4.49. The average Bonchev–Trinajstić information content (AvgIpc) is 2.77. The van der Waals surface area contributed by atoms with E-state index in [2.05, 4.69) is 15.1 Å². The van der Waals surface area contributed by atoms with Gasteiger partial charge in [0.05, 0.1) is 6.54 Å². The molecule has 6 nitrogen and oxygen atoms in total. The second kappa shape index (κ2) is 7.29. The van der Waals surface area contributed by atoms with Crippen molar-refractivity contribution in [3.05, 3.63) is 35.2 Å². The normalized spacial score (nSPS) is 9.74. The third kappa shape index (κ3) is 4.67. The molecule has 0 aliphatic carbocycles. The summed E-state index contributed by atoms with van der Waals surface area (Å²) in [5.74, 6) is 1.02. The van der Waals surface area contributed by atoms with Crippen LogP contribution in [0.1, 0.15) is 5.89 Å². The summed E-state index contributed by atoms with van der Waals surface area (Å²) in [4.78, 5) is 8.07. The van der Waals surface area contributed by atoms with E-state index in [1.165, 1.54) is 0 Å². The molecule has 1 aromatic carbocycles. The van der Waals surface area contributed by atoms with Crippen molar-refractivity contribution in [2.24, 2.45) is 16.5 Å². The second-order valence-electron chi connectivity index (χ2n) is 3.58. The lowest BCUT2D eigenvalue weighted by Crippen LogP contribution is -2.23. The van der Waals surface area contributed by atoms with Gasteiger partial charge in [-0.1, -0.05) is 28.9 Å². The van der Waals surface area contributed by atoms with Crippen molar-refractivity contribution in [2.45, 2.75) is 6.42 Å². The maximum Gasteiger partial charge on any atom is 0.228 e. The number of hydrogen-bond donors (Lipinski definition) is 2. The molecular weight excluding hydrogens is 381 g/mol. The van der Waals surface area contributed by atoms with Crippen molar-refractivity contribution in [3.8, 4) is 11.4 Å². The van der Waals surface area contributed by atoms with Crippen LogP contribution in [0.25, 0.3) is 11.4 Å². The lowest BCUT2D eigenvalue weighted by Gasteiger charge is -1.93. The molecule has 2 aromatic rings. The molecule has 0 saturated carbocycles. The molecule has 0 aliphatic heterocycles. The molecule has 0 atom stereocenters. The van der Waals surface area contributed by atoms with E-state index in [1.54, 1.807) is 12.1 Å². The zero-order valence-electron chi connectivity index (χ0n) is 9.91. The van der Waals surface area contributed by atoms with E-state index in [9.17, 15) is 0 Å². The van der Waals surface area contributed by atoms with Crippen LogP contribution >= 0.6 is 35.6 Å². The van der Waals surface area contributed by atoms with Gasteiger partial charge >= 0.3 is 0 Å². The van der Waals surface area contributed by atoms with Crippen LogP contribution in [-0.4, -0.2) is 22.6 Å². The van der Waals surface area contributed by atoms with E-state index in [0.717, 1.165) is 5.56 Å². The molecule has 0 aliphatic rings. The van der Waals surface area contributed by atoms with Crippen molar-refractivity contribution in [3.63, 3.8) is 0 Å². The van der Waals surface area contributed by atoms with Crippen molar-refractivity contribution in [1.29, 1.82) is 0 Å². The number of benzene rings is 1. The van der Waals surface area contributed by atoms with Crippen LogP contribution in [0.4, 0.5) is 0 Å². The first kappa shape index (κ1) is 15.7. The smallest absolute Gasteiger partial charge is 0.228 e.